The quantitative estimate of drug-likeness (QED) is 0.229. The Balaban J connectivity index is 0.000000509. The summed E-state index contributed by atoms with van der Waals surface area (Å²) in [5.41, 5.74) is 1.90. The Hall–Kier alpha value is -2.37. The Bertz CT molecular complexity index is 979. The number of amides is 1. The van der Waals surface area contributed by atoms with Gasteiger partial charge in [0.25, 0.3) is 5.69 Å². The zero-order chi connectivity index (χ0) is 24.1. The van der Waals surface area contributed by atoms with Gasteiger partial charge in [0.05, 0.1) is 30.0 Å². The van der Waals surface area contributed by atoms with Gasteiger partial charge in [-0.25, -0.2) is 0 Å². The van der Waals surface area contributed by atoms with Gasteiger partial charge in [-0.3, -0.25) is 14.9 Å². The Kier molecular flexibility index (Phi) is 9.76. The molecule has 0 spiro atoms. The van der Waals surface area contributed by atoms with Crippen molar-refractivity contribution in [1.29, 1.82) is 0 Å². The molecule has 1 amide bonds. The molecule has 3 fully saturated rings. The van der Waals surface area contributed by atoms with E-state index in [0.29, 0.717) is 0 Å². The van der Waals surface area contributed by atoms with E-state index in [2.05, 4.69) is 0 Å². The molecule has 2 saturated carbocycles. The predicted octanol–water partition coefficient (Wildman–Crippen LogP) is 5.29. The zero-order valence-electron chi connectivity index (χ0n) is 19.4. The fourth-order valence-corrected chi connectivity index (χ4v) is 4.39. The van der Waals surface area contributed by atoms with E-state index in [0.717, 1.165) is 22.8 Å². The number of nitrogens with zero attached hydrogens (tertiary/aromatic N) is 2. The second kappa shape index (κ2) is 12.5. The smallest absolute Gasteiger partial charge is 0.269 e. The first-order valence-electron chi connectivity index (χ1n) is 11.1. The molecule has 5 rings (SSSR count). The molecule has 0 bridgehead atoms. The molecule has 180 valence electrons. The molecular formula is C28H26FeN2O4. The van der Waals surface area contributed by atoms with Crippen molar-refractivity contribution in [3.05, 3.63) is 133 Å². The standard InChI is InChI=1S/C23H21N2O4.C5H5.Fe/c1-15(18-8-5-9-20(14-18)29-2)24-22(17-10-12-19(13-11-17)25(27)28)21(23(24)26)16-6-3-4-7-16;1-2-4-5-3-1;/h3-15,21-22H,1-2H3;1-5H;/t15-,21+,22-;;/m0../s1. The molecule has 6 nitrogen and oxygen atoms in total. The first kappa shape index (κ1) is 27.2. The van der Waals surface area contributed by atoms with Crippen molar-refractivity contribution in [2.24, 2.45) is 5.92 Å². The van der Waals surface area contributed by atoms with Gasteiger partial charge < -0.3 is 9.64 Å². The minimum Gasteiger partial charge on any atom is -0.497 e. The number of β-lactam (4-membered cyclic amide) rings is 1. The van der Waals surface area contributed by atoms with Crippen LogP contribution in [0.25, 0.3) is 0 Å². The number of non-ortho nitro benzene ring substituents is 1. The van der Waals surface area contributed by atoms with Crippen molar-refractivity contribution in [2.45, 2.75) is 19.0 Å². The van der Waals surface area contributed by atoms with E-state index < -0.39 is 4.92 Å². The van der Waals surface area contributed by atoms with Crippen molar-refractivity contribution in [3.8, 4) is 5.75 Å². The molecular weight excluding hydrogens is 484 g/mol. The molecule has 1 saturated heterocycles. The Labute approximate surface area is 219 Å². The van der Waals surface area contributed by atoms with E-state index in [4.69, 9.17) is 4.74 Å². The normalized spacial score (nSPS) is 22.5. The molecule has 10 radical (unpaired) electrons. The van der Waals surface area contributed by atoms with Crippen LogP contribution in [0, 0.1) is 79.7 Å². The van der Waals surface area contributed by atoms with Gasteiger partial charge in [0.2, 0.25) is 5.91 Å². The number of carbonyl (C=O) groups excluding carboxylic acids is 1. The largest absolute Gasteiger partial charge is 0.497 e. The van der Waals surface area contributed by atoms with Crippen LogP contribution in [-0.2, 0) is 21.9 Å². The summed E-state index contributed by atoms with van der Waals surface area (Å²) < 4.78 is 5.32. The van der Waals surface area contributed by atoms with E-state index in [1.807, 2.05) is 93.9 Å². The summed E-state index contributed by atoms with van der Waals surface area (Å²) in [7, 11) is 1.61. The van der Waals surface area contributed by atoms with Gasteiger partial charge in [-0.2, -0.15) is 0 Å². The summed E-state index contributed by atoms with van der Waals surface area (Å²) in [5.74, 6) is 1.46. The monoisotopic (exact) mass is 510 g/mol. The predicted molar refractivity (Wildman–Crippen MR) is 130 cm³/mol. The summed E-state index contributed by atoms with van der Waals surface area (Å²) >= 11 is 0. The summed E-state index contributed by atoms with van der Waals surface area (Å²) in [4.78, 5) is 25.6. The van der Waals surface area contributed by atoms with Crippen molar-refractivity contribution in [2.75, 3.05) is 7.11 Å². The molecule has 1 heterocycles. The van der Waals surface area contributed by atoms with Gasteiger partial charge >= 0.3 is 0 Å². The van der Waals surface area contributed by atoms with E-state index in [1.54, 1.807) is 19.2 Å². The van der Waals surface area contributed by atoms with Gasteiger partial charge in [0, 0.05) is 29.2 Å². The fraction of sp³-hybridized carbons (Fsp3) is 0.179. The van der Waals surface area contributed by atoms with Crippen molar-refractivity contribution >= 4 is 11.6 Å². The van der Waals surface area contributed by atoms with Crippen LogP contribution in [-0.4, -0.2) is 22.8 Å². The minimum atomic E-state index is -0.416. The van der Waals surface area contributed by atoms with Gasteiger partial charge in [0.15, 0.2) is 0 Å². The average Bonchev–Trinajstić information content (AvgIpc) is 3.60. The van der Waals surface area contributed by atoms with E-state index in [9.17, 15) is 14.9 Å². The number of benzene rings is 2. The van der Waals surface area contributed by atoms with E-state index >= 15 is 0 Å². The second-order valence-electron chi connectivity index (χ2n) is 8.15. The topological polar surface area (TPSA) is 72.7 Å². The molecule has 0 aromatic heterocycles. The number of nitro benzene ring substituents is 1. The van der Waals surface area contributed by atoms with Crippen LogP contribution in [0.4, 0.5) is 5.69 Å². The number of carbonyl (C=O) groups is 1. The fourth-order valence-electron chi connectivity index (χ4n) is 4.39. The SMILES string of the molecule is COc1cccc([C@H](C)N2C(=O)[C@H]([C]3[CH][CH][CH][CH]3)[C@@H]2c2ccc([N+](=O)[O-])cc2)c1.[CH]1[CH][CH][CH][CH]1.[Fe]. The third-order valence-corrected chi connectivity index (χ3v) is 6.18. The van der Waals surface area contributed by atoms with E-state index in [1.165, 1.54) is 12.1 Å². The molecule has 2 aromatic carbocycles. The Morgan fingerprint density at radius 2 is 1.54 bits per heavy atom. The maximum absolute atomic E-state index is 13.2. The first-order chi connectivity index (χ1) is 16.5. The number of nitro groups is 1. The van der Waals surface area contributed by atoms with E-state index in [-0.39, 0.29) is 46.7 Å². The van der Waals surface area contributed by atoms with Crippen LogP contribution in [0.3, 0.4) is 0 Å². The summed E-state index contributed by atoms with van der Waals surface area (Å²) in [6.45, 7) is 1.99. The van der Waals surface area contributed by atoms with Crippen LogP contribution in [0.5, 0.6) is 5.75 Å². The molecule has 2 aromatic rings. The molecule has 1 aliphatic heterocycles. The average molecular weight is 510 g/mol. The summed E-state index contributed by atoms with van der Waals surface area (Å²) in [5, 5.41) is 11.0. The zero-order valence-corrected chi connectivity index (χ0v) is 20.5. The maximum atomic E-state index is 13.2. The Morgan fingerprint density at radius 3 is 2.09 bits per heavy atom. The van der Waals surface area contributed by atoms with Crippen molar-refractivity contribution in [1.82, 2.24) is 4.90 Å². The van der Waals surface area contributed by atoms with Gasteiger partial charge in [-0.15, -0.1) is 0 Å². The number of rotatable bonds is 6. The van der Waals surface area contributed by atoms with Crippen LogP contribution in [0.15, 0.2) is 48.5 Å². The third-order valence-electron chi connectivity index (χ3n) is 6.18. The molecule has 0 N–H and O–H groups in total. The number of ether oxygens (including phenoxy) is 1. The minimum absolute atomic E-state index is 0. The molecule has 3 atom stereocenters. The molecule has 3 aliphatic rings. The van der Waals surface area contributed by atoms with Gasteiger partial charge in [-0.1, -0.05) is 24.3 Å². The van der Waals surface area contributed by atoms with Gasteiger partial charge in [0.1, 0.15) is 5.75 Å². The van der Waals surface area contributed by atoms with Crippen LogP contribution >= 0.6 is 0 Å². The number of methoxy groups -OCH3 is 1. The first-order valence-corrected chi connectivity index (χ1v) is 11.1. The molecule has 7 heteroatoms. The number of hydrogen-bond acceptors (Lipinski definition) is 4. The van der Waals surface area contributed by atoms with Crippen LogP contribution < -0.4 is 4.74 Å². The second-order valence-corrected chi connectivity index (χ2v) is 8.15. The van der Waals surface area contributed by atoms with Crippen LogP contribution in [0.2, 0.25) is 0 Å². The number of likely N-dealkylation sites (tertiary alicyclic amines) is 1. The van der Waals surface area contributed by atoms with Crippen molar-refractivity contribution in [3.63, 3.8) is 0 Å². The molecule has 2 aliphatic carbocycles. The molecule has 35 heavy (non-hydrogen) atoms. The Morgan fingerprint density at radius 1 is 0.943 bits per heavy atom. The third kappa shape index (κ3) is 6.07. The molecule has 0 unspecified atom stereocenters. The summed E-state index contributed by atoms with van der Waals surface area (Å²) in [6.07, 6.45) is 17.7. The maximum Gasteiger partial charge on any atom is 0.269 e. The summed E-state index contributed by atoms with van der Waals surface area (Å²) in [6, 6.07) is 13.8. The van der Waals surface area contributed by atoms with Crippen molar-refractivity contribution < 1.29 is 31.5 Å². The van der Waals surface area contributed by atoms with Gasteiger partial charge in [-0.05, 0) is 93.9 Å². The van der Waals surface area contributed by atoms with Crippen LogP contribution in [0.1, 0.15) is 30.1 Å². The number of hydrogen-bond donors (Lipinski definition) is 0.